The molecular weight excluding hydrogens is 282 g/mol. The number of hydrogen-bond donors (Lipinski definition) is 1. The van der Waals surface area contributed by atoms with Crippen molar-refractivity contribution in [1.82, 2.24) is 24.8 Å². The van der Waals surface area contributed by atoms with Crippen molar-refractivity contribution in [3.63, 3.8) is 0 Å². The second-order valence-corrected chi connectivity index (χ2v) is 5.57. The monoisotopic (exact) mass is 301 g/mol. The number of imidazole rings is 1. The van der Waals surface area contributed by atoms with Gasteiger partial charge < -0.3 is 10.1 Å². The predicted molar refractivity (Wildman–Crippen MR) is 82.4 cm³/mol. The molecule has 1 amide bonds. The van der Waals surface area contributed by atoms with Gasteiger partial charge in [0.15, 0.2) is 0 Å². The minimum atomic E-state index is -0.495. The van der Waals surface area contributed by atoms with Crippen molar-refractivity contribution in [2.75, 3.05) is 6.54 Å². The van der Waals surface area contributed by atoms with Gasteiger partial charge in [-0.25, -0.2) is 19.7 Å². The van der Waals surface area contributed by atoms with Crippen molar-refractivity contribution in [3.05, 3.63) is 42.8 Å². The number of rotatable bonds is 4. The lowest BCUT2D eigenvalue weighted by molar-refractivity contribution is 0.0534. The van der Waals surface area contributed by atoms with Crippen molar-refractivity contribution >= 4 is 12.2 Å². The number of aromatic nitrogens is 4. The lowest BCUT2D eigenvalue weighted by atomic mass is 10.2. The summed E-state index contributed by atoms with van der Waals surface area (Å²) in [5.41, 5.74) is 0.347. The van der Waals surface area contributed by atoms with Gasteiger partial charge in [0.05, 0.1) is 0 Å². The van der Waals surface area contributed by atoms with Crippen molar-refractivity contribution in [2.24, 2.45) is 0 Å². The normalized spacial score (nSPS) is 11.6. The van der Waals surface area contributed by atoms with Gasteiger partial charge >= 0.3 is 6.09 Å². The van der Waals surface area contributed by atoms with Crippen LogP contribution in [0.3, 0.4) is 0 Å². The van der Waals surface area contributed by atoms with E-state index in [0.717, 1.165) is 5.56 Å². The van der Waals surface area contributed by atoms with E-state index in [2.05, 4.69) is 20.3 Å². The molecule has 0 bridgehead atoms. The van der Waals surface area contributed by atoms with E-state index in [9.17, 15) is 4.79 Å². The van der Waals surface area contributed by atoms with Crippen LogP contribution in [0.25, 0.3) is 12.0 Å². The van der Waals surface area contributed by atoms with Crippen LogP contribution in [0.4, 0.5) is 4.79 Å². The van der Waals surface area contributed by atoms with E-state index >= 15 is 0 Å². The van der Waals surface area contributed by atoms with Crippen LogP contribution in [0.15, 0.2) is 37.2 Å². The van der Waals surface area contributed by atoms with Crippen LogP contribution in [0.2, 0.25) is 0 Å². The third-order valence-electron chi connectivity index (χ3n) is 2.47. The van der Waals surface area contributed by atoms with Gasteiger partial charge in [-0.3, -0.25) is 4.57 Å². The Hall–Kier alpha value is -2.70. The lowest BCUT2D eigenvalue weighted by Gasteiger charge is -2.19. The molecule has 22 heavy (non-hydrogen) atoms. The number of nitrogens with zero attached hydrogens (tertiary/aromatic N) is 4. The fraction of sp³-hybridized carbons (Fsp3) is 0.333. The van der Waals surface area contributed by atoms with Crippen molar-refractivity contribution in [3.8, 4) is 5.95 Å². The largest absolute Gasteiger partial charge is 0.444 e. The Kier molecular flexibility index (Phi) is 4.88. The summed E-state index contributed by atoms with van der Waals surface area (Å²) in [5.74, 6) is 0.557. The molecular formula is C15H19N5O2. The topological polar surface area (TPSA) is 81.9 Å². The maximum absolute atomic E-state index is 11.4. The standard InChI is InChI=1S/C15H19N5O2/c1-15(2,3)22-14(21)17-6-4-5-12-9-18-13(19-10-12)20-8-7-16-11-20/h4-5,7-11H,6H2,1-3H3,(H,17,21). The van der Waals surface area contributed by atoms with Crippen LogP contribution in [0, 0.1) is 0 Å². The average Bonchev–Trinajstić information content (AvgIpc) is 2.96. The number of ether oxygens (including phenoxy) is 1. The first-order valence-corrected chi connectivity index (χ1v) is 6.88. The Bertz CT molecular complexity index is 627. The van der Waals surface area contributed by atoms with Gasteiger partial charge in [0.2, 0.25) is 5.95 Å². The molecule has 2 aromatic heterocycles. The molecule has 7 heteroatoms. The molecule has 116 valence electrons. The minimum absolute atomic E-state index is 0.373. The number of carbonyl (C=O) groups excluding carboxylic acids is 1. The van der Waals surface area contributed by atoms with Gasteiger partial charge in [-0.05, 0) is 20.8 Å². The molecule has 0 aliphatic carbocycles. The van der Waals surface area contributed by atoms with Crippen LogP contribution in [-0.4, -0.2) is 37.8 Å². The molecule has 0 saturated carbocycles. The first-order chi connectivity index (χ1) is 10.4. The second kappa shape index (κ2) is 6.84. The molecule has 0 saturated heterocycles. The average molecular weight is 301 g/mol. The van der Waals surface area contributed by atoms with Crippen LogP contribution in [0.5, 0.6) is 0 Å². The van der Waals surface area contributed by atoms with Gasteiger partial charge in [0.1, 0.15) is 11.9 Å². The third-order valence-corrected chi connectivity index (χ3v) is 2.47. The van der Waals surface area contributed by atoms with Crippen LogP contribution in [0.1, 0.15) is 26.3 Å². The maximum atomic E-state index is 11.4. The Morgan fingerprint density at radius 1 is 1.36 bits per heavy atom. The number of amides is 1. The highest BCUT2D eigenvalue weighted by Crippen LogP contribution is 2.06. The number of hydrogen-bond acceptors (Lipinski definition) is 5. The molecule has 0 aromatic carbocycles. The Balaban J connectivity index is 1.82. The fourth-order valence-corrected chi connectivity index (χ4v) is 1.58. The molecule has 2 heterocycles. The molecule has 0 unspecified atom stereocenters. The van der Waals surface area contributed by atoms with E-state index in [4.69, 9.17) is 4.74 Å². The van der Waals surface area contributed by atoms with Crippen molar-refractivity contribution < 1.29 is 9.53 Å². The van der Waals surface area contributed by atoms with Gasteiger partial charge in [0, 0.05) is 36.9 Å². The summed E-state index contributed by atoms with van der Waals surface area (Å²) in [6, 6.07) is 0. The van der Waals surface area contributed by atoms with Crippen molar-refractivity contribution in [2.45, 2.75) is 26.4 Å². The Morgan fingerprint density at radius 3 is 2.68 bits per heavy atom. The molecule has 0 spiro atoms. The summed E-state index contributed by atoms with van der Waals surface area (Å²) in [7, 11) is 0. The molecule has 0 radical (unpaired) electrons. The van der Waals surface area contributed by atoms with E-state index in [0.29, 0.717) is 12.5 Å². The summed E-state index contributed by atoms with van der Waals surface area (Å²) in [4.78, 5) is 23.8. The van der Waals surface area contributed by atoms with Gasteiger partial charge in [-0.15, -0.1) is 0 Å². The zero-order valence-electron chi connectivity index (χ0n) is 12.9. The lowest BCUT2D eigenvalue weighted by Crippen LogP contribution is -2.32. The molecule has 2 aromatic rings. The predicted octanol–water partition coefficient (Wildman–Crippen LogP) is 2.20. The fourth-order valence-electron chi connectivity index (χ4n) is 1.58. The summed E-state index contributed by atoms with van der Waals surface area (Å²) in [6.07, 6.45) is 11.7. The first-order valence-electron chi connectivity index (χ1n) is 6.88. The van der Waals surface area contributed by atoms with E-state index < -0.39 is 11.7 Å². The van der Waals surface area contributed by atoms with Gasteiger partial charge in [0.25, 0.3) is 0 Å². The molecule has 7 nitrogen and oxygen atoms in total. The highest BCUT2D eigenvalue weighted by molar-refractivity contribution is 5.68. The first kappa shape index (κ1) is 15.7. The molecule has 1 N–H and O–H groups in total. The number of carbonyl (C=O) groups is 1. The van der Waals surface area contributed by atoms with E-state index in [1.807, 2.05) is 26.8 Å². The highest BCUT2D eigenvalue weighted by atomic mass is 16.6. The van der Waals surface area contributed by atoms with Gasteiger partial charge in [-0.2, -0.15) is 0 Å². The quantitative estimate of drug-likeness (QED) is 0.936. The zero-order valence-corrected chi connectivity index (χ0v) is 12.9. The van der Waals surface area contributed by atoms with Gasteiger partial charge in [-0.1, -0.05) is 12.2 Å². The molecule has 0 fully saturated rings. The van der Waals surface area contributed by atoms with E-state index in [1.165, 1.54) is 0 Å². The smallest absolute Gasteiger partial charge is 0.407 e. The van der Waals surface area contributed by atoms with E-state index in [1.54, 1.807) is 41.8 Å². The molecule has 0 aliphatic rings. The Labute approximate surface area is 129 Å². The molecule has 0 atom stereocenters. The number of nitrogens with one attached hydrogen (secondary N) is 1. The van der Waals surface area contributed by atoms with Crippen LogP contribution >= 0.6 is 0 Å². The summed E-state index contributed by atoms with van der Waals surface area (Å²) >= 11 is 0. The summed E-state index contributed by atoms with van der Waals surface area (Å²) in [5, 5.41) is 2.64. The minimum Gasteiger partial charge on any atom is -0.444 e. The summed E-state index contributed by atoms with van der Waals surface area (Å²) in [6.45, 7) is 5.84. The summed E-state index contributed by atoms with van der Waals surface area (Å²) < 4.78 is 6.85. The number of alkyl carbamates (subject to hydrolysis) is 1. The third kappa shape index (κ3) is 5.01. The van der Waals surface area contributed by atoms with Crippen molar-refractivity contribution in [1.29, 1.82) is 0 Å². The SMILES string of the molecule is CC(C)(C)OC(=O)NCC=Cc1cnc(-n2ccnc2)nc1. The van der Waals surface area contributed by atoms with E-state index in [-0.39, 0.29) is 0 Å². The van der Waals surface area contributed by atoms with Crippen LogP contribution in [-0.2, 0) is 4.74 Å². The highest BCUT2D eigenvalue weighted by Gasteiger charge is 2.14. The maximum Gasteiger partial charge on any atom is 0.407 e. The zero-order chi connectivity index (χ0) is 16.0. The Morgan fingerprint density at radius 2 is 2.09 bits per heavy atom. The molecule has 2 rings (SSSR count). The second-order valence-electron chi connectivity index (χ2n) is 5.57. The van der Waals surface area contributed by atoms with Crippen LogP contribution < -0.4 is 5.32 Å². The molecule has 0 aliphatic heterocycles.